The van der Waals surface area contributed by atoms with Crippen LogP contribution in [0.3, 0.4) is 0 Å². The van der Waals surface area contributed by atoms with E-state index < -0.39 is 0 Å². The molecule has 1 aromatic carbocycles. The molecule has 0 amide bonds. The first kappa shape index (κ1) is 13.1. The van der Waals surface area contributed by atoms with E-state index in [1.807, 2.05) is 19.2 Å². The lowest BCUT2D eigenvalue weighted by atomic mass is 10.1. The summed E-state index contributed by atoms with van der Waals surface area (Å²) in [6.45, 7) is 4.26. The largest absolute Gasteiger partial charge is 0.372 e. The van der Waals surface area contributed by atoms with Gasteiger partial charge in [-0.2, -0.15) is 0 Å². The minimum Gasteiger partial charge on any atom is -0.372 e. The molecule has 0 radical (unpaired) electrons. The van der Waals surface area contributed by atoms with Gasteiger partial charge >= 0.3 is 0 Å². The lowest BCUT2D eigenvalue weighted by Crippen LogP contribution is -1.98. The van der Waals surface area contributed by atoms with Crippen LogP contribution < -0.4 is 5.32 Å². The highest BCUT2D eigenvalue weighted by Crippen LogP contribution is 2.32. The Morgan fingerprint density at radius 1 is 1.20 bits per heavy atom. The van der Waals surface area contributed by atoms with Gasteiger partial charge in [-0.05, 0) is 25.0 Å². The second-order valence-corrected chi connectivity index (χ2v) is 5.86. The van der Waals surface area contributed by atoms with E-state index in [9.17, 15) is 0 Å². The number of aryl methyl sites for hydroxylation is 2. The second kappa shape index (κ2) is 5.21. The zero-order valence-corrected chi connectivity index (χ0v) is 12.7. The van der Waals surface area contributed by atoms with Crippen LogP contribution in [0.5, 0.6) is 0 Å². The van der Waals surface area contributed by atoms with E-state index in [1.165, 1.54) is 10.4 Å². The van der Waals surface area contributed by atoms with Crippen LogP contribution in [-0.2, 0) is 6.42 Å². The number of thiophene rings is 1. The summed E-state index contributed by atoms with van der Waals surface area (Å²) >= 11 is 1.75. The van der Waals surface area contributed by atoms with Crippen molar-refractivity contribution in [3.05, 3.63) is 40.8 Å². The van der Waals surface area contributed by atoms with Gasteiger partial charge < -0.3 is 5.32 Å². The molecule has 0 aliphatic rings. The minimum absolute atomic E-state index is 0.796. The van der Waals surface area contributed by atoms with Crippen LogP contribution in [0.4, 0.5) is 5.82 Å². The van der Waals surface area contributed by atoms with Crippen molar-refractivity contribution in [3.8, 4) is 11.4 Å². The van der Waals surface area contributed by atoms with Crippen molar-refractivity contribution in [3.63, 3.8) is 0 Å². The third-order valence-electron chi connectivity index (χ3n) is 3.42. The lowest BCUT2D eigenvalue weighted by molar-refractivity contribution is 1.19. The molecule has 20 heavy (non-hydrogen) atoms. The number of hydrogen-bond acceptors (Lipinski definition) is 4. The quantitative estimate of drug-likeness (QED) is 0.780. The predicted octanol–water partition coefficient (Wildman–Crippen LogP) is 4.27. The fourth-order valence-corrected chi connectivity index (χ4v) is 3.25. The van der Waals surface area contributed by atoms with E-state index in [-0.39, 0.29) is 0 Å². The highest BCUT2D eigenvalue weighted by atomic mass is 32.1. The SMILES string of the molecule is CCc1cc2c(NC)nc(-c3ccccc3C)nc2s1. The highest BCUT2D eigenvalue weighted by molar-refractivity contribution is 7.18. The first-order chi connectivity index (χ1) is 9.72. The van der Waals surface area contributed by atoms with Gasteiger partial charge in [-0.1, -0.05) is 31.2 Å². The maximum Gasteiger partial charge on any atom is 0.163 e. The van der Waals surface area contributed by atoms with E-state index in [1.54, 1.807) is 11.3 Å². The molecule has 3 nitrogen and oxygen atoms in total. The Kier molecular flexibility index (Phi) is 3.40. The summed E-state index contributed by atoms with van der Waals surface area (Å²) in [6.07, 6.45) is 1.03. The summed E-state index contributed by atoms with van der Waals surface area (Å²) in [5.74, 6) is 1.70. The summed E-state index contributed by atoms with van der Waals surface area (Å²) in [7, 11) is 1.91. The van der Waals surface area contributed by atoms with Crippen LogP contribution in [0.1, 0.15) is 17.4 Å². The average molecular weight is 283 g/mol. The number of benzene rings is 1. The van der Waals surface area contributed by atoms with E-state index in [2.05, 4.69) is 42.3 Å². The molecule has 3 aromatic rings. The molecule has 0 unspecified atom stereocenters. The van der Waals surface area contributed by atoms with Crippen molar-refractivity contribution in [1.82, 2.24) is 9.97 Å². The van der Waals surface area contributed by atoms with Crippen LogP contribution >= 0.6 is 11.3 Å². The third-order valence-corrected chi connectivity index (χ3v) is 4.59. The van der Waals surface area contributed by atoms with Gasteiger partial charge in [0.25, 0.3) is 0 Å². The lowest BCUT2D eigenvalue weighted by Gasteiger charge is -2.07. The number of hydrogen-bond donors (Lipinski definition) is 1. The predicted molar refractivity (Wildman–Crippen MR) is 86.5 cm³/mol. The molecule has 0 saturated heterocycles. The van der Waals surface area contributed by atoms with Crippen LogP contribution in [-0.4, -0.2) is 17.0 Å². The molecule has 0 fully saturated rings. The smallest absolute Gasteiger partial charge is 0.163 e. The molecule has 0 atom stereocenters. The molecule has 1 N–H and O–H groups in total. The van der Waals surface area contributed by atoms with Gasteiger partial charge in [0.15, 0.2) is 5.82 Å². The highest BCUT2D eigenvalue weighted by Gasteiger charge is 2.12. The zero-order chi connectivity index (χ0) is 14.1. The molecule has 102 valence electrons. The van der Waals surface area contributed by atoms with Crippen molar-refractivity contribution in [2.75, 3.05) is 12.4 Å². The minimum atomic E-state index is 0.796. The standard InChI is InChI=1S/C16H17N3S/c1-4-11-9-13-14(17-3)18-15(19-16(13)20-11)12-8-6-5-7-10(12)2/h5-9H,4H2,1-3H3,(H,17,18,19). The summed E-state index contributed by atoms with van der Waals surface area (Å²) in [4.78, 5) is 11.8. The number of rotatable bonds is 3. The van der Waals surface area contributed by atoms with Crippen LogP contribution in [0, 0.1) is 6.92 Å². The Hall–Kier alpha value is -1.94. The Balaban J connectivity index is 2.25. The molecule has 0 bridgehead atoms. The number of anilines is 1. The molecule has 2 heterocycles. The van der Waals surface area contributed by atoms with Gasteiger partial charge in [-0.3, -0.25) is 0 Å². The Labute approximate surface area is 122 Å². The van der Waals surface area contributed by atoms with E-state index in [4.69, 9.17) is 4.98 Å². The van der Waals surface area contributed by atoms with E-state index >= 15 is 0 Å². The molecule has 0 saturated carbocycles. The molecule has 0 aliphatic heterocycles. The Bertz CT molecular complexity index is 762. The molecule has 0 spiro atoms. The monoisotopic (exact) mass is 283 g/mol. The fourth-order valence-electron chi connectivity index (χ4n) is 2.28. The molecule has 2 aromatic heterocycles. The molecular weight excluding hydrogens is 266 g/mol. The van der Waals surface area contributed by atoms with Crippen LogP contribution in [0.15, 0.2) is 30.3 Å². The fraction of sp³-hybridized carbons (Fsp3) is 0.250. The van der Waals surface area contributed by atoms with E-state index in [0.29, 0.717) is 0 Å². The zero-order valence-electron chi connectivity index (χ0n) is 11.9. The van der Waals surface area contributed by atoms with Crippen molar-refractivity contribution >= 4 is 27.4 Å². The molecule has 4 heteroatoms. The van der Waals surface area contributed by atoms with Crippen molar-refractivity contribution in [2.45, 2.75) is 20.3 Å². The van der Waals surface area contributed by atoms with Gasteiger partial charge in [-0.25, -0.2) is 9.97 Å². The van der Waals surface area contributed by atoms with Gasteiger partial charge in [0, 0.05) is 17.5 Å². The maximum absolute atomic E-state index is 4.75. The topological polar surface area (TPSA) is 37.8 Å². The van der Waals surface area contributed by atoms with Gasteiger partial charge in [0.05, 0.1) is 5.39 Å². The second-order valence-electron chi connectivity index (χ2n) is 4.75. The van der Waals surface area contributed by atoms with Gasteiger partial charge in [0.2, 0.25) is 0 Å². The maximum atomic E-state index is 4.75. The van der Waals surface area contributed by atoms with Crippen molar-refractivity contribution < 1.29 is 0 Å². The summed E-state index contributed by atoms with van der Waals surface area (Å²) in [5.41, 5.74) is 2.29. The average Bonchev–Trinajstić information content (AvgIpc) is 2.89. The normalized spacial score (nSPS) is 10.9. The van der Waals surface area contributed by atoms with Gasteiger partial charge in [-0.15, -0.1) is 11.3 Å². The van der Waals surface area contributed by atoms with E-state index in [0.717, 1.165) is 33.8 Å². The van der Waals surface area contributed by atoms with Crippen molar-refractivity contribution in [1.29, 1.82) is 0 Å². The number of nitrogens with zero attached hydrogens (tertiary/aromatic N) is 2. The number of aromatic nitrogens is 2. The summed E-state index contributed by atoms with van der Waals surface area (Å²) in [5, 5.41) is 4.31. The first-order valence-corrected chi connectivity index (χ1v) is 7.58. The Morgan fingerprint density at radius 2 is 2.00 bits per heavy atom. The number of nitrogens with one attached hydrogen (secondary N) is 1. The summed E-state index contributed by atoms with van der Waals surface area (Å²) < 4.78 is 0. The Morgan fingerprint density at radius 3 is 2.70 bits per heavy atom. The first-order valence-electron chi connectivity index (χ1n) is 6.77. The third kappa shape index (κ3) is 2.16. The van der Waals surface area contributed by atoms with Crippen molar-refractivity contribution in [2.24, 2.45) is 0 Å². The summed E-state index contributed by atoms with van der Waals surface area (Å²) in [6, 6.07) is 10.4. The van der Waals surface area contributed by atoms with Gasteiger partial charge in [0.1, 0.15) is 10.6 Å². The molecule has 0 aliphatic carbocycles. The van der Waals surface area contributed by atoms with Crippen LogP contribution in [0.25, 0.3) is 21.6 Å². The van der Waals surface area contributed by atoms with Crippen LogP contribution in [0.2, 0.25) is 0 Å². The number of fused-ring (bicyclic) bond motifs is 1. The molecule has 3 rings (SSSR count). The molecular formula is C16H17N3S.